The lowest BCUT2D eigenvalue weighted by Crippen LogP contribution is -2.66. The molecule has 7 heteroatoms. The van der Waals surface area contributed by atoms with Gasteiger partial charge in [0.1, 0.15) is 11.3 Å². The largest absolute Gasteiger partial charge is 0.371 e. The number of nitrogens with zero attached hydrogens (tertiary/aromatic N) is 3. The van der Waals surface area contributed by atoms with Crippen LogP contribution >= 0.6 is 0 Å². The molecule has 0 radical (unpaired) electrons. The monoisotopic (exact) mass is 362 g/mol. The number of hydrogen-bond donors (Lipinski definition) is 1. The maximum Gasteiger partial charge on any atom is 0.269 e. The second-order valence-corrected chi connectivity index (χ2v) is 7.97. The normalized spacial score (nSPS) is 21.2. The molecule has 1 aromatic heterocycles. The standard InChI is InChI=1S/C19H30N4O3/c1-14(2)4-5-17(24)23-12-19(13-23)15(8-11-26-19)6-9-20-18(25)16-7-10-21-22(16)3/h7,10,14-15H,4-6,8-9,11-13H2,1-3H3,(H,20,25)/t15-/m0/s1. The van der Waals surface area contributed by atoms with E-state index >= 15 is 0 Å². The number of rotatable bonds is 7. The Hall–Kier alpha value is -1.89. The molecule has 2 aliphatic heterocycles. The van der Waals surface area contributed by atoms with Gasteiger partial charge in [0, 0.05) is 32.8 Å². The van der Waals surface area contributed by atoms with E-state index in [4.69, 9.17) is 4.74 Å². The molecular formula is C19H30N4O3. The van der Waals surface area contributed by atoms with Crippen molar-refractivity contribution < 1.29 is 14.3 Å². The van der Waals surface area contributed by atoms with Gasteiger partial charge in [-0.3, -0.25) is 14.3 Å². The van der Waals surface area contributed by atoms with Gasteiger partial charge in [-0.25, -0.2) is 0 Å². The average Bonchev–Trinajstić information content (AvgIpc) is 3.17. The second kappa shape index (κ2) is 7.78. The smallest absolute Gasteiger partial charge is 0.269 e. The number of amides is 2. The summed E-state index contributed by atoms with van der Waals surface area (Å²) in [7, 11) is 1.76. The third kappa shape index (κ3) is 3.92. The minimum absolute atomic E-state index is 0.0999. The van der Waals surface area contributed by atoms with Gasteiger partial charge in [0.25, 0.3) is 5.91 Å². The zero-order valence-corrected chi connectivity index (χ0v) is 16.0. The summed E-state index contributed by atoms with van der Waals surface area (Å²) in [6.45, 7) is 7.03. The molecule has 144 valence electrons. The fraction of sp³-hybridized carbons (Fsp3) is 0.737. The first-order valence-electron chi connectivity index (χ1n) is 9.59. The molecule has 1 N–H and O–H groups in total. The molecule has 3 heterocycles. The minimum atomic E-state index is -0.190. The maximum absolute atomic E-state index is 12.2. The van der Waals surface area contributed by atoms with E-state index in [1.165, 1.54) is 0 Å². The van der Waals surface area contributed by atoms with E-state index in [2.05, 4.69) is 24.3 Å². The summed E-state index contributed by atoms with van der Waals surface area (Å²) >= 11 is 0. The van der Waals surface area contributed by atoms with Crippen LogP contribution in [0.25, 0.3) is 0 Å². The molecule has 2 saturated heterocycles. The van der Waals surface area contributed by atoms with E-state index in [0.29, 0.717) is 43.6 Å². The lowest BCUT2D eigenvalue weighted by molar-refractivity contribution is -0.165. The summed E-state index contributed by atoms with van der Waals surface area (Å²) in [5, 5.41) is 6.99. The van der Waals surface area contributed by atoms with E-state index in [-0.39, 0.29) is 17.4 Å². The number of aromatic nitrogens is 2. The number of aryl methyl sites for hydroxylation is 1. The first kappa shape index (κ1) is 18.9. The van der Waals surface area contributed by atoms with Crippen LogP contribution in [-0.4, -0.2) is 58.3 Å². The summed E-state index contributed by atoms with van der Waals surface area (Å²) < 4.78 is 7.59. The first-order chi connectivity index (χ1) is 12.4. The predicted octanol–water partition coefficient (Wildman–Crippen LogP) is 1.59. The van der Waals surface area contributed by atoms with Crippen molar-refractivity contribution in [1.29, 1.82) is 0 Å². The van der Waals surface area contributed by atoms with Crippen LogP contribution in [0.3, 0.4) is 0 Å². The van der Waals surface area contributed by atoms with E-state index in [0.717, 1.165) is 25.9 Å². The maximum atomic E-state index is 12.2. The van der Waals surface area contributed by atoms with Gasteiger partial charge in [0.2, 0.25) is 5.91 Å². The highest BCUT2D eigenvalue weighted by atomic mass is 16.5. The Morgan fingerprint density at radius 3 is 2.85 bits per heavy atom. The molecule has 1 spiro atoms. The Labute approximate surface area is 155 Å². The molecule has 0 aliphatic carbocycles. The molecule has 0 aromatic carbocycles. The number of nitrogens with one attached hydrogen (secondary N) is 1. The van der Waals surface area contributed by atoms with Gasteiger partial charge in [-0.15, -0.1) is 0 Å². The molecule has 7 nitrogen and oxygen atoms in total. The van der Waals surface area contributed by atoms with Crippen LogP contribution < -0.4 is 5.32 Å². The van der Waals surface area contributed by atoms with Gasteiger partial charge in [0.15, 0.2) is 0 Å². The third-order valence-electron chi connectivity index (χ3n) is 5.64. The van der Waals surface area contributed by atoms with Gasteiger partial charge in [-0.1, -0.05) is 13.8 Å². The van der Waals surface area contributed by atoms with Gasteiger partial charge >= 0.3 is 0 Å². The van der Waals surface area contributed by atoms with E-state index in [1.807, 2.05) is 4.90 Å². The lowest BCUT2D eigenvalue weighted by Gasteiger charge is -2.50. The average molecular weight is 362 g/mol. The Bertz CT molecular complexity index is 649. The lowest BCUT2D eigenvalue weighted by atomic mass is 9.78. The highest BCUT2D eigenvalue weighted by Gasteiger charge is 2.53. The van der Waals surface area contributed by atoms with Crippen molar-refractivity contribution in [3.05, 3.63) is 18.0 Å². The van der Waals surface area contributed by atoms with Crippen LogP contribution in [-0.2, 0) is 16.6 Å². The molecule has 26 heavy (non-hydrogen) atoms. The van der Waals surface area contributed by atoms with Crippen LogP contribution in [0.15, 0.2) is 12.3 Å². The second-order valence-electron chi connectivity index (χ2n) is 7.97. The van der Waals surface area contributed by atoms with Gasteiger partial charge in [-0.2, -0.15) is 5.10 Å². The Morgan fingerprint density at radius 1 is 1.42 bits per heavy atom. The van der Waals surface area contributed by atoms with Crippen LogP contribution in [0, 0.1) is 11.8 Å². The molecule has 2 fully saturated rings. The zero-order valence-electron chi connectivity index (χ0n) is 16.0. The number of ether oxygens (including phenoxy) is 1. The van der Waals surface area contributed by atoms with Crippen molar-refractivity contribution in [2.75, 3.05) is 26.2 Å². The molecule has 0 saturated carbocycles. The fourth-order valence-electron chi connectivity index (χ4n) is 3.94. The van der Waals surface area contributed by atoms with E-state index < -0.39 is 0 Å². The van der Waals surface area contributed by atoms with Crippen molar-refractivity contribution in [2.24, 2.45) is 18.9 Å². The quantitative estimate of drug-likeness (QED) is 0.799. The van der Waals surface area contributed by atoms with Crippen molar-refractivity contribution in [3.8, 4) is 0 Å². The van der Waals surface area contributed by atoms with Gasteiger partial charge in [-0.05, 0) is 37.2 Å². The Morgan fingerprint density at radius 2 is 2.19 bits per heavy atom. The number of carbonyl (C=O) groups excluding carboxylic acids is 2. The molecule has 1 atom stereocenters. The topological polar surface area (TPSA) is 76.5 Å². The van der Waals surface area contributed by atoms with Crippen molar-refractivity contribution in [1.82, 2.24) is 20.0 Å². The Kier molecular flexibility index (Phi) is 5.65. The van der Waals surface area contributed by atoms with Crippen molar-refractivity contribution >= 4 is 11.8 Å². The van der Waals surface area contributed by atoms with Crippen LogP contribution in [0.5, 0.6) is 0 Å². The molecule has 2 amide bonds. The highest BCUT2D eigenvalue weighted by Crippen LogP contribution is 2.41. The summed E-state index contributed by atoms with van der Waals surface area (Å²) in [5.41, 5.74) is 0.373. The molecule has 2 aliphatic rings. The van der Waals surface area contributed by atoms with E-state index in [9.17, 15) is 9.59 Å². The van der Waals surface area contributed by atoms with Crippen LogP contribution in [0.2, 0.25) is 0 Å². The summed E-state index contributed by atoms with van der Waals surface area (Å²) in [6, 6.07) is 1.71. The van der Waals surface area contributed by atoms with E-state index in [1.54, 1.807) is 24.0 Å². The molecule has 1 aromatic rings. The predicted molar refractivity (Wildman–Crippen MR) is 97.6 cm³/mol. The molecule has 3 rings (SSSR count). The van der Waals surface area contributed by atoms with Gasteiger partial charge < -0.3 is 15.0 Å². The summed E-state index contributed by atoms with van der Waals surface area (Å²) in [5.74, 6) is 1.08. The van der Waals surface area contributed by atoms with Crippen molar-refractivity contribution in [2.45, 2.75) is 45.1 Å². The third-order valence-corrected chi connectivity index (χ3v) is 5.64. The van der Waals surface area contributed by atoms with Crippen LogP contribution in [0.4, 0.5) is 0 Å². The minimum Gasteiger partial charge on any atom is -0.371 e. The highest BCUT2D eigenvalue weighted by molar-refractivity contribution is 5.92. The number of carbonyl (C=O) groups is 2. The summed E-state index contributed by atoms with van der Waals surface area (Å²) in [6.07, 6.45) is 5.05. The zero-order chi connectivity index (χ0) is 18.7. The SMILES string of the molecule is CC(C)CCC(=O)N1CC2(C1)OCC[C@@H]2CCNC(=O)c1ccnn1C. The Balaban J connectivity index is 1.44. The van der Waals surface area contributed by atoms with Crippen LogP contribution in [0.1, 0.15) is 50.0 Å². The van der Waals surface area contributed by atoms with Gasteiger partial charge in [0.05, 0.1) is 13.1 Å². The molecular weight excluding hydrogens is 332 g/mol. The molecule has 0 bridgehead atoms. The summed E-state index contributed by atoms with van der Waals surface area (Å²) in [4.78, 5) is 26.3. The number of likely N-dealkylation sites (tertiary alicyclic amines) is 1. The first-order valence-corrected chi connectivity index (χ1v) is 9.59. The van der Waals surface area contributed by atoms with Crippen molar-refractivity contribution in [3.63, 3.8) is 0 Å². The number of hydrogen-bond acceptors (Lipinski definition) is 4. The fourth-order valence-corrected chi connectivity index (χ4v) is 3.94. The molecule has 0 unspecified atom stereocenters.